The second-order valence-corrected chi connectivity index (χ2v) is 5.86. The van der Waals surface area contributed by atoms with E-state index in [9.17, 15) is 4.79 Å². The van der Waals surface area contributed by atoms with Crippen molar-refractivity contribution in [3.05, 3.63) is 34.3 Å². The minimum atomic E-state index is 0. The van der Waals surface area contributed by atoms with Gasteiger partial charge in [-0.05, 0) is 36.6 Å². The van der Waals surface area contributed by atoms with Crippen LogP contribution in [0.1, 0.15) is 18.9 Å². The molecule has 3 nitrogen and oxygen atoms in total. The average Bonchev–Trinajstić information content (AvgIpc) is 2.35. The van der Waals surface area contributed by atoms with E-state index in [2.05, 4.69) is 33.5 Å². The predicted octanol–water partition coefficient (Wildman–Crippen LogP) is 2.53. The minimum absolute atomic E-state index is 0. The maximum absolute atomic E-state index is 12.0. The summed E-state index contributed by atoms with van der Waals surface area (Å²) < 4.78 is 1.04. The molecule has 0 radical (unpaired) electrons. The van der Waals surface area contributed by atoms with Crippen LogP contribution in [0.5, 0.6) is 0 Å². The molecule has 2 atom stereocenters. The molecule has 19 heavy (non-hydrogen) atoms. The van der Waals surface area contributed by atoms with Crippen LogP contribution in [-0.4, -0.2) is 25.0 Å². The van der Waals surface area contributed by atoms with Gasteiger partial charge in [-0.3, -0.25) is 4.79 Å². The van der Waals surface area contributed by atoms with Gasteiger partial charge in [0.15, 0.2) is 0 Å². The Morgan fingerprint density at radius 2 is 2.11 bits per heavy atom. The third kappa shape index (κ3) is 5.13. The zero-order valence-corrected chi connectivity index (χ0v) is 13.4. The second-order valence-electron chi connectivity index (χ2n) is 4.95. The lowest BCUT2D eigenvalue weighted by Gasteiger charge is -2.30. The van der Waals surface area contributed by atoms with Gasteiger partial charge in [-0.2, -0.15) is 0 Å². The number of piperidine rings is 1. The number of rotatable bonds is 3. The Morgan fingerprint density at radius 1 is 1.42 bits per heavy atom. The van der Waals surface area contributed by atoms with Crippen molar-refractivity contribution in [3.63, 3.8) is 0 Å². The molecule has 0 aromatic heterocycles. The first-order valence-electron chi connectivity index (χ1n) is 6.39. The monoisotopic (exact) mass is 346 g/mol. The summed E-state index contributed by atoms with van der Waals surface area (Å²) in [4.78, 5) is 12.0. The highest BCUT2D eigenvalue weighted by Gasteiger charge is 2.22. The zero-order chi connectivity index (χ0) is 13.0. The maximum atomic E-state index is 12.0. The first-order chi connectivity index (χ1) is 8.65. The standard InChI is InChI=1S/C14H19BrN2O.ClH/c1-10-6-7-16-9-13(10)17-14(18)8-11-2-4-12(15)5-3-11;/h2-5,10,13,16H,6-9H2,1H3,(H,17,18);1H. The Labute approximate surface area is 129 Å². The largest absolute Gasteiger partial charge is 0.352 e. The molecule has 0 saturated carbocycles. The molecule has 0 spiro atoms. The summed E-state index contributed by atoms with van der Waals surface area (Å²) in [5.41, 5.74) is 1.05. The molecule has 1 aliphatic rings. The molecule has 0 bridgehead atoms. The van der Waals surface area contributed by atoms with Crippen LogP contribution in [0.15, 0.2) is 28.7 Å². The number of carbonyl (C=O) groups is 1. The molecular formula is C14H20BrClN2O. The highest BCUT2D eigenvalue weighted by atomic mass is 79.9. The Bertz CT molecular complexity index is 410. The van der Waals surface area contributed by atoms with E-state index in [1.54, 1.807) is 0 Å². The molecule has 0 aliphatic carbocycles. The third-order valence-corrected chi connectivity index (χ3v) is 3.98. The second kappa shape index (κ2) is 7.88. The summed E-state index contributed by atoms with van der Waals surface area (Å²) in [7, 11) is 0. The molecule has 1 fully saturated rings. The fourth-order valence-electron chi connectivity index (χ4n) is 2.23. The van der Waals surface area contributed by atoms with Crippen LogP contribution in [-0.2, 0) is 11.2 Å². The molecule has 1 saturated heterocycles. The van der Waals surface area contributed by atoms with Crippen molar-refractivity contribution in [3.8, 4) is 0 Å². The lowest BCUT2D eigenvalue weighted by molar-refractivity contribution is -0.121. The van der Waals surface area contributed by atoms with E-state index in [1.165, 1.54) is 0 Å². The van der Waals surface area contributed by atoms with Crippen LogP contribution < -0.4 is 10.6 Å². The maximum Gasteiger partial charge on any atom is 0.224 e. The van der Waals surface area contributed by atoms with E-state index in [4.69, 9.17) is 0 Å². The Morgan fingerprint density at radius 3 is 2.74 bits per heavy atom. The molecule has 5 heteroatoms. The number of halogens is 2. The van der Waals surface area contributed by atoms with Gasteiger partial charge in [0.2, 0.25) is 5.91 Å². The van der Waals surface area contributed by atoms with Gasteiger partial charge in [-0.1, -0.05) is 35.0 Å². The molecule has 1 heterocycles. The van der Waals surface area contributed by atoms with Gasteiger partial charge in [-0.25, -0.2) is 0 Å². The number of nitrogens with one attached hydrogen (secondary N) is 2. The van der Waals surface area contributed by atoms with E-state index in [1.807, 2.05) is 24.3 Å². The van der Waals surface area contributed by atoms with Gasteiger partial charge in [0.1, 0.15) is 0 Å². The number of amides is 1. The van der Waals surface area contributed by atoms with Gasteiger partial charge >= 0.3 is 0 Å². The lowest BCUT2D eigenvalue weighted by Crippen LogP contribution is -2.50. The number of hydrogen-bond donors (Lipinski definition) is 2. The Balaban J connectivity index is 0.00000180. The van der Waals surface area contributed by atoms with Gasteiger partial charge in [0.25, 0.3) is 0 Å². The summed E-state index contributed by atoms with van der Waals surface area (Å²) in [6.07, 6.45) is 1.58. The first-order valence-corrected chi connectivity index (χ1v) is 7.19. The lowest BCUT2D eigenvalue weighted by atomic mass is 9.94. The van der Waals surface area contributed by atoms with E-state index in [-0.39, 0.29) is 24.4 Å². The van der Waals surface area contributed by atoms with Crippen molar-refractivity contribution in [1.29, 1.82) is 0 Å². The fourth-order valence-corrected chi connectivity index (χ4v) is 2.49. The Kier molecular flexibility index (Phi) is 6.83. The zero-order valence-electron chi connectivity index (χ0n) is 11.0. The number of carbonyl (C=O) groups excluding carboxylic acids is 1. The highest BCUT2D eigenvalue weighted by molar-refractivity contribution is 9.10. The average molecular weight is 348 g/mol. The van der Waals surface area contributed by atoms with Gasteiger partial charge < -0.3 is 10.6 Å². The van der Waals surface area contributed by atoms with Crippen LogP contribution in [0.2, 0.25) is 0 Å². The smallest absolute Gasteiger partial charge is 0.224 e. The summed E-state index contributed by atoms with van der Waals surface area (Å²) >= 11 is 3.39. The van der Waals surface area contributed by atoms with Crippen LogP contribution in [0.4, 0.5) is 0 Å². The van der Waals surface area contributed by atoms with Crippen LogP contribution in [0, 0.1) is 5.92 Å². The first kappa shape index (κ1) is 16.5. The molecule has 1 aromatic rings. The Hall–Kier alpha value is -0.580. The summed E-state index contributed by atoms with van der Waals surface area (Å²) in [6, 6.07) is 8.15. The molecule has 106 valence electrons. The van der Waals surface area contributed by atoms with E-state index >= 15 is 0 Å². The normalized spacial score (nSPS) is 22.4. The van der Waals surface area contributed by atoms with Crippen molar-refractivity contribution in [2.24, 2.45) is 5.92 Å². The summed E-state index contributed by atoms with van der Waals surface area (Å²) in [6.45, 7) is 4.14. The quantitative estimate of drug-likeness (QED) is 0.882. The summed E-state index contributed by atoms with van der Waals surface area (Å²) in [5.74, 6) is 0.665. The molecule has 1 amide bonds. The van der Waals surface area contributed by atoms with E-state index in [0.717, 1.165) is 29.5 Å². The van der Waals surface area contributed by atoms with E-state index < -0.39 is 0 Å². The molecule has 1 aliphatic heterocycles. The topological polar surface area (TPSA) is 41.1 Å². The SMILES string of the molecule is CC1CCNCC1NC(=O)Cc1ccc(Br)cc1.Cl. The predicted molar refractivity (Wildman–Crippen MR) is 83.7 cm³/mol. The van der Waals surface area contributed by atoms with E-state index in [0.29, 0.717) is 12.3 Å². The molecule has 2 rings (SSSR count). The molecule has 1 aromatic carbocycles. The fraction of sp³-hybridized carbons (Fsp3) is 0.500. The van der Waals surface area contributed by atoms with Gasteiger partial charge in [-0.15, -0.1) is 12.4 Å². The number of benzene rings is 1. The van der Waals surface area contributed by atoms with Crippen molar-refractivity contribution >= 4 is 34.2 Å². The number of hydrogen-bond acceptors (Lipinski definition) is 2. The summed E-state index contributed by atoms with van der Waals surface area (Å²) in [5, 5.41) is 6.44. The minimum Gasteiger partial charge on any atom is -0.352 e. The van der Waals surface area contributed by atoms with Crippen LogP contribution in [0.25, 0.3) is 0 Å². The van der Waals surface area contributed by atoms with Crippen LogP contribution >= 0.6 is 28.3 Å². The third-order valence-electron chi connectivity index (χ3n) is 3.45. The molecule has 2 N–H and O–H groups in total. The molecular weight excluding hydrogens is 328 g/mol. The van der Waals surface area contributed by atoms with Crippen molar-refractivity contribution in [2.45, 2.75) is 25.8 Å². The molecule has 2 unspecified atom stereocenters. The van der Waals surface area contributed by atoms with Crippen molar-refractivity contribution in [1.82, 2.24) is 10.6 Å². The van der Waals surface area contributed by atoms with Crippen LogP contribution in [0.3, 0.4) is 0 Å². The highest BCUT2D eigenvalue weighted by Crippen LogP contribution is 2.13. The van der Waals surface area contributed by atoms with Gasteiger partial charge in [0, 0.05) is 17.1 Å². The van der Waals surface area contributed by atoms with Gasteiger partial charge in [0.05, 0.1) is 6.42 Å². The van der Waals surface area contributed by atoms with Crippen molar-refractivity contribution < 1.29 is 4.79 Å². The van der Waals surface area contributed by atoms with Crippen molar-refractivity contribution in [2.75, 3.05) is 13.1 Å².